The van der Waals surface area contributed by atoms with Gasteiger partial charge in [-0.3, -0.25) is 4.79 Å². The molecule has 0 spiro atoms. The molecule has 0 aromatic heterocycles. The molecule has 0 saturated carbocycles. The molecule has 0 aliphatic carbocycles. The van der Waals surface area contributed by atoms with Gasteiger partial charge in [0.05, 0.1) is 7.11 Å². The molecule has 1 saturated heterocycles. The molecule has 2 rings (SSSR count). The van der Waals surface area contributed by atoms with Crippen LogP contribution in [0.25, 0.3) is 0 Å². The Morgan fingerprint density at radius 1 is 1.32 bits per heavy atom. The number of piperidine rings is 1. The fraction of sp³-hybridized carbons (Fsp3) is 0.500. The first-order valence-electron chi connectivity index (χ1n) is 6.43. The largest absolute Gasteiger partial charge is 0.493 e. The standard InChI is InChI=1S/C14H19NO4/c1-18-12-4-2-3-5-13(12)19-11-6-8-15(9-7-11)14(17)10-16/h2-5,11,16H,6-10H2,1H3. The third kappa shape index (κ3) is 3.38. The van der Waals surface area contributed by atoms with Crippen molar-refractivity contribution in [3.8, 4) is 11.5 Å². The molecule has 0 unspecified atom stereocenters. The third-order valence-electron chi connectivity index (χ3n) is 3.29. The van der Waals surface area contributed by atoms with E-state index in [0.717, 1.165) is 24.3 Å². The minimum absolute atomic E-state index is 0.0824. The van der Waals surface area contributed by atoms with E-state index in [9.17, 15) is 4.79 Å². The molecule has 1 heterocycles. The number of benzene rings is 1. The molecule has 1 aliphatic rings. The maximum atomic E-state index is 11.3. The van der Waals surface area contributed by atoms with E-state index in [2.05, 4.69) is 0 Å². The predicted octanol–water partition coefficient (Wildman–Crippen LogP) is 1.06. The first kappa shape index (κ1) is 13.7. The molecule has 5 nitrogen and oxygen atoms in total. The number of nitrogens with zero attached hydrogens (tertiary/aromatic N) is 1. The van der Waals surface area contributed by atoms with Crippen molar-refractivity contribution in [1.82, 2.24) is 4.90 Å². The number of carbonyl (C=O) groups is 1. The number of hydrogen-bond donors (Lipinski definition) is 1. The van der Waals surface area contributed by atoms with Crippen LogP contribution >= 0.6 is 0 Å². The summed E-state index contributed by atoms with van der Waals surface area (Å²) < 4.78 is 11.2. The summed E-state index contributed by atoms with van der Waals surface area (Å²) in [4.78, 5) is 13.0. The van der Waals surface area contributed by atoms with Gasteiger partial charge in [-0.05, 0) is 12.1 Å². The second-order valence-electron chi connectivity index (χ2n) is 4.51. The zero-order valence-corrected chi connectivity index (χ0v) is 11.0. The Bertz CT molecular complexity index is 427. The SMILES string of the molecule is COc1ccccc1OC1CCN(C(=O)CO)CC1. The van der Waals surface area contributed by atoms with Gasteiger partial charge in [-0.1, -0.05) is 12.1 Å². The van der Waals surface area contributed by atoms with Crippen LogP contribution in [0.15, 0.2) is 24.3 Å². The molecule has 0 bridgehead atoms. The van der Waals surface area contributed by atoms with E-state index >= 15 is 0 Å². The van der Waals surface area contributed by atoms with E-state index in [1.165, 1.54) is 0 Å². The van der Waals surface area contributed by atoms with Crippen LogP contribution in [-0.4, -0.2) is 48.8 Å². The first-order valence-corrected chi connectivity index (χ1v) is 6.43. The molecule has 1 N–H and O–H groups in total. The molecule has 1 aromatic rings. The zero-order chi connectivity index (χ0) is 13.7. The Morgan fingerprint density at radius 3 is 2.53 bits per heavy atom. The normalized spacial score (nSPS) is 16.2. The van der Waals surface area contributed by atoms with Crippen LogP contribution in [0.1, 0.15) is 12.8 Å². The quantitative estimate of drug-likeness (QED) is 0.884. The number of aliphatic hydroxyl groups is 1. The average Bonchev–Trinajstić information content (AvgIpc) is 2.48. The van der Waals surface area contributed by atoms with E-state index in [1.54, 1.807) is 12.0 Å². The van der Waals surface area contributed by atoms with Crippen molar-refractivity contribution in [3.05, 3.63) is 24.3 Å². The molecule has 0 atom stereocenters. The molecule has 104 valence electrons. The number of aliphatic hydroxyl groups excluding tert-OH is 1. The summed E-state index contributed by atoms with van der Waals surface area (Å²) in [6.45, 7) is 0.830. The van der Waals surface area contributed by atoms with E-state index in [0.29, 0.717) is 13.1 Å². The fourth-order valence-electron chi connectivity index (χ4n) is 2.22. The van der Waals surface area contributed by atoms with Gasteiger partial charge in [-0.2, -0.15) is 0 Å². The summed E-state index contributed by atoms with van der Waals surface area (Å²) in [5.74, 6) is 1.24. The van der Waals surface area contributed by atoms with Crippen molar-refractivity contribution in [2.75, 3.05) is 26.8 Å². The van der Waals surface area contributed by atoms with Crippen molar-refractivity contribution < 1.29 is 19.4 Å². The van der Waals surface area contributed by atoms with Crippen LogP contribution in [0.3, 0.4) is 0 Å². The van der Waals surface area contributed by atoms with Gasteiger partial charge in [0.2, 0.25) is 5.91 Å². The number of amides is 1. The van der Waals surface area contributed by atoms with Gasteiger partial charge in [0.1, 0.15) is 12.7 Å². The van der Waals surface area contributed by atoms with Gasteiger partial charge in [0.15, 0.2) is 11.5 Å². The number of hydrogen-bond acceptors (Lipinski definition) is 4. The third-order valence-corrected chi connectivity index (χ3v) is 3.29. The van der Waals surface area contributed by atoms with Gasteiger partial charge in [-0.15, -0.1) is 0 Å². The number of methoxy groups -OCH3 is 1. The smallest absolute Gasteiger partial charge is 0.248 e. The lowest BCUT2D eigenvalue weighted by Gasteiger charge is -2.32. The highest BCUT2D eigenvalue weighted by atomic mass is 16.5. The predicted molar refractivity (Wildman–Crippen MR) is 70.3 cm³/mol. The monoisotopic (exact) mass is 265 g/mol. The number of para-hydroxylation sites is 2. The van der Waals surface area contributed by atoms with E-state index in [1.807, 2.05) is 24.3 Å². The highest BCUT2D eigenvalue weighted by molar-refractivity contribution is 5.77. The van der Waals surface area contributed by atoms with Gasteiger partial charge >= 0.3 is 0 Å². The fourth-order valence-corrected chi connectivity index (χ4v) is 2.22. The molecule has 0 radical (unpaired) electrons. The average molecular weight is 265 g/mol. The Morgan fingerprint density at radius 2 is 1.95 bits per heavy atom. The number of rotatable bonds is 4. The number of likely N-dealkylation sites (tertiary alicyclic amines) is 1. The van der Waals surface area contributed by atoms with Crippen molar-refractivity contribution in [3.63, 3.8) is 0 Å². The Labute approximate surface area is 112 Å². The second-order valence-corrected chi connectivity index (χ2v) is 4.51. The van der Waals surface area contributed by atoms with Gasteiger partial charge < -0.3 is 19.5 Å². The van der Waals surface area contributed by atoms with Crippen LogP contribution in [0.4, 0.5) is 0 Å². The Hall–Kier alpha value is -1.75. The molecule has 1 amide bonds. The Balaban J connectivity index is 1.90. The molecular weight excluding hydrogens is 246 g/mol. The first-order chi connectivity index (χ1) is 9.24. The lowest BCUT2D eigenvalue weighted by molar-refractivity contribution is -0.135. The van der Waals surface area contributed by atoms with Crippen LogP contribution in [0.2, 0.25) is 0 Å². The van der Waals surface area contributed by atoms with Gasteiger partial charge in [0, 0.05) is 25.9 Å². The molecule has 1 fully saturated rings. The summed E-state index contributed by atoms with van der Waals surface area (Å²) >= 11 is 0. The van der Waals surface area contributed by atoms with Crippen LogP contribution < -0.4 is 9.47 Å². The van der Waals surface area contributed by atoms with Crippen LogP contribution in [-0.2, 0) is 4.79 Å². The summed E-state index contributed by atoms with van der Waals surface area (Å²) in [6, 6.07) is 7.54. The zero-order valence-electron chi connectivity index (χ0n) is 11.0. The highest BCUT2D eigenvalue weighted by Gasteiger charge is 2.23. The molecule has 1 aromatic carbocycles. The number of ether oxygens (including phenoxy) is 2. The Kier molecular flexibility index (Phi) is 4.63. The number of carbonyl (C=O) groups excluding carboxylic acids is 1. The van der Waals surface area contributed by atoms with Crippen molar-refractivity contribution in [2.24, 2.45) is 0 Å². The molecule has 1 aliphatic heterocycles. The lowest BCUT2D eigenvalue weighted by atomic mass is 10.1. The molecular formula is C14H19NO4. The van der Waals surface area contributed by atoms with Crippen molar-refractivity contribution in [2.45, 2.75) is 18.9 Å². The maximum absolute atomic E-state index is 11.3. The van der Waals surface area contributed by atoms with Gasteiger partial charge in [-0.25, -0.2) is 0 Å². The summed E-state index contributed by atoms with van der Waals surface area (Å²) in [5.41, 5.74) is 0. The summed E-state index contributed by atoms with van der Waals surface area (Å²) in [7, 11) is 1.62. The minimum atomic E-state index is -0.419. The van der Waals surface area contributed by atoms with E-state index in [-0.39, 0.29) is 12.0 Å². The van der Waals surface area contributed by atoms with Gasteiger partial charge in [0.25, 0.3) is 0 Å². The minimum Gasteiger partial charge on any atom is -0.493 e. The van der Waals surface area contributed by atoms with E-state index in [4.69, 9.17) is 14.6 Å². The van der Waals surface area contributed by atoms with E-state index < -0.39 is 6.61 Å². The van der Waals surface area contributed by atoms with Crippen molar-refractivity contribution >= 4 is 5.91 Å². The topological polar surface area (TPSA) is 59.0 Å². The highest BCUT2D eigenvalue weighted by Crippen LogP contribution is 2.28. The molecule has 5 heteroatoms. The molecule has 19 heavy (non-hydrogen) atoms. The van der Waals surface area contributed by atoms with Crippen LogP contribution in [0, 0.1) is 0 Å². The second kappa shape index (κ2) is 6.43. The van der Waals surface area contributed by atoms with Crippen LogP contribution in [0.5, 0.6) is 11.5 Å². The summed E-state index contributed by atoms with van der Waals surface area (Å²) in [5, 5.41) is 8.82. The van der Waals surface area contributed by atoms with Crippen molar-refractivity contribution in [1.29, 1.82) is 0 Å². The lowest BCUT2D eigenvalue weighted by Crippen LogP contribution is -2.42. The summed E-state index contributed by atoms with van der Waals surface area (Å²) in [6.07, 6.45) is 1.62. The maximum Gasteiger partial charge on any atom is 0.248 e.